The molecule has 0 aliphatic heterocycles. The van der Waals surface area contributed by atoms with Crippen LogP contribution in [0.25, 0.3) is 22.4 Å². The predicted molar refractivity (Wildman–Crippen MR) is 89.5 cm³/mol. The van der Waals surface area contributed by atoms with Crippen LogP contribution in [0.1, 0.15) is 42.7 Å². The molecule has 0 atom stereocenters. The first-order chi connectivity index (χ1) is 11.9. The van der Waals surface area contributed by atoms with E-state index in [1.54, 1.807) is 6.20 Å². The molecule has 4 rings (SSSR count). The molecule has 25 heavy (non-hydrogen) atoms. The van der Waals surface area contributed by atoms with Gasteiger partial charge in [-0.2, -0.15) is 0 Å². The first-order valence-corrected chi connectivity index (χ1v) is 8.57. The van der Waals surface area contributed by atoms with Crippen molar-refractivity contribution in [3.05, 3.63) is 29.4 Å². The maximum atomic E-state index is 13.4. The summed E-state index contributed by atoms with van der Waals surface area (Å²) in [5, 5.41) is 3.97. The maximum absolute atomic E-state index is 13.4. The molecule has 0 amide bonds. The number of H-pyrrole nitrogens is 1. The van der Waals surface area contributed by atoms with E-state index in [4.69, 9.17) is 9.51 Å². The van der Waals surface area contributed by atoms with Crippen molar-refractivity contribution in [1.29, 1.82) is 0 Å². The Balaban J connectivity index is 1.63. The zero-order chi connectivity index (χ0) is 17.6. The minimum atomic E-state index is -2.49. The predicted octanol–water partition coefficient (Wildman–Crippen LogP) is 4.60. The van der Waals surface area contributed by atoms with Gasteiger partial charge in [0.2, 0.25) is 5.92 Å². The number of nitrogens with one attached hydrogen (secondary N) is 1. The fourth-order valence-corrected chi connectivity index (χ4v) is 3.68. The molecule has 1 fully saturated rings. The molecule has 1 N–H and O–H groups in total. The number of hydrogen-bond acceptors (Lipinski definition) is 4. The molecule has 132 valence electrons. The van der Waals surface area contributed by atoms with E-state index < -0.39 is 5.92 Å². The van der Waals surface area contributed by atoms with Gasteiger partial charge in [0.1, 0.15) is 11.3 Å². The standard InChI is InChI=1S/C18H20F2N4O/c1-10-15(11(2)25-24-10)14-9-22-17-16(23-14)13(8-21-17)7-12-3-5-18(19,20)6-4-12/h8-9,12H,3-7H2,1-2H3,(H,21,22). The van der Waals surface area contributed by atoms with E-state index in [0.717, 1.165) is 34.5 Å². The zero-order valence-corrected chi connectivity index (χ0v) is 14.3. The lowest BCUT2D eigenvalue weighted by atomic mass is 9.83. The van der Waals surface area contributed by atoms with E-state index in [9.17, 15) is 8.78 Å². The fourth-order valence-electron chi connectivity index (χ4n) is 3.68. The number of aromatic nitrogens is 4. The lowest BCUT2D eigenvalue weighted by Gasteiger charge is -2.27. The van der Waals surface area contributed by atoms with Crippen LogP contribution < -0.4 is 0 Å². The zero-order valence-electron chi connectivity index (χ0n) is 14.3. The average Bonchev–Trinajstić information content (AvgIpc) is 3.12. The largest absolute Gasteiger partial charge is 0.361 e. The molecule has 0 spiro atoms. The number of fused-ring (bicyclic) bond motifs is 1. The Kier molecular flexibility index (Phi) is 3.81. The van der Waals surface area contributed by atoms with Gasteiger partial charge in [0.05, 0.1) is 23.1 Å². The lowest BCUT2D eigenvalue weighted by molar-refractivity contribution is -0.0456. The van der Waals surface area contributed by atoms with Crippen molar-refractivity contribution < 1.29 is 13.3 Å². The third-order valence-corrected chi connectivity index (χ3v) is 5.09. The van der Waals surface area contributed by atoms with Gasteiger partial charge >= 0.3 is 0 Å². The number of hydrogen-bond donors (Lipinski definition) is 1. The normalized spacial score (nSPS) is 18.1. The Morgan fingerprint density at radius 3 is 2.72 bits per heavy atom. The van der Waals surface area contributed by atoms with E-state index in [1.807, 2.05) is 20.0 Å². The number of alkyl halides is 2. The summed E-state index contributed by atoms with van der Waals surface area (Å²) in [6.07, 6.45) is 5.42. The van der Waals surface area contributed by atoms with Gasteiger partial charge in [0.15, 0.2) is 5.65 Å². The van der Waals surface area contributed by atoms with Gasteiger partial charge in [-0.15, -0.1) is 0 Å². The van der Waals surface area contributed by atoms with Crippen LogP contribution in [0.2, 0.25) is 0 Å². The van der Waals surface area contributed by atoms with E-state index in [1.165, 1.54) is 0 Å². The Bertz CT molecular complexity index is 886. The molecule has 3 aromatic rings. The molecule has 0 unspecified atom stereocenters. The van der Waals surface area contributed by atoms with Gasteiger partial charge in [-0.3, -0.25) is 0 Å². The quantitative estimate of drug-likeness (QED) is 0.753. The summed E-state index contributed by atoms with van der Waals surface area (Å²) in [4.78, 5) is 12.3. The highest BCUT2D eigenvalue weighted by Crippen LogP contribution is 2.38. The summed E-state index contributed by atoms with van der Waals surface area (Å²) < 4.78 is 31.9. The van der Waals surface area contributed by atoms with Crippen LogP contribution in [0.4, 0.5) is 8.78 Å². The van der Waals surface area contributed by atoms with Crippen molar-refractivity contribution in [3.63, 3.8) is 0 Å². The van der Waals surface area contributed by atoms with Crippen molar-refractivity contribution in [2.24, 2.45) is 5.92 Å². The van der Waals surface area contributed by atoms with Gasteiger partial charge in [-0.1, -0.05) is 5.16 Å². The number of aryl methyl sites for hydroxylation is 2. The van der Waals surface area contributed by atoms with E-state index >= 15 is 0 Å². The minimum Gasteiger partial charge on any atom is -0.361 e. The third kappa shape index (κ3) is 3.03. The Morgan fingerprint density at radius 1 is 1.28 bits per heavy atom. The second-order valence-corrected chi connectivity index (χ2v) is 6.97. The summed E-state index contributed by atoms with van der Waals surface area (Å²) in [5.74, 6) is -1.52. The molecule has 0 bridgehead atoms. The second kappa shape index (κ2) is 5.89. The average molecular weight is 346 g/mol. The van der Waals surface area contributed by atoms with Crippen molar-refractivity contribution >= 4 is 11.2 Å². The lowest BCUT2D eigenvalue weighted by Crippen LogP contribution is -2.25. The molecule has 0 radical (unpaired) electrons. The molecule has 1 saturated carbocycles. The summed E-state index contributed by atoms with van der Waals surface area (Å²) in [5.41, 5.74) is 4.91. The van der Waals surface area contributed by atoms with Gasteiger partial charge in [0.25, 0.3) is 0 Å². The van der Waals surface area contributed by atoms with Crippen LogP contribution in [0.15, 0.2) is 16.9 Å². The Morgan fingerprint density at radius 2 is 2.04 bits per heavy atom. The molecular weight excluding hydrogens is 326 g/mol. The van der Waals surface area contributed by atoms with E-state index in [0.29, 0.717) is 24.2 Å². The number of halogens is 2. The summed E-state index contributed by atoms with van der Waals surface area (Å²) in [6, 6.07) is 0. The van der Waals surface area contributed by atoms with Crippen LogP contribution in [0, 0.1) is 19.8 Å². The van der Waals surface area contributed by atoms with Gasteiger partial charge < -0.3 is 9.51 Å². The molecule has 0 aromatic carbocycles. The van der Waals surface area contributed by atoms with Crippen LogP contribution in [-0.2, 0) is 6.42 Å². The summed E-state index contributed by atoms with van der Waals surface area (Å²) >= 11 is 0. The second-order valence-electron chi connectivity index (χ2n) is 6.97. The minimum absolute atomic E-state index is 0.0178. The van der Waals surface area contributed by atoms with Crippen LogP contribution in [-0.4, -0.2) is 26.0 Å². The molecule has 7 heteroatoms. The van der Waals surface area contributed by atoms with Crippen molar-refractivity contribution in [3.8, 4) is 11.3 Å². The Hall–Kier alpha value is -2.31. The first-order valence-electron chi connectivity index (χ1n) is 8.57. The van der Waals surface area contributed by atoms with Gasteiger partial charge in [0, 0.05) is 19.0 Å². The van der Waals surface area contributed by atoms with Crippen molar-refractivity contribution in [1.82, 2.24) is 20.1 Å². The molecule has 5 nitrogen and oxygen atoms in total. The van der Waals surface area contributed by atoms with E-state index in [2.05, 4.69) is 15.1 Å². The molecule has 3 aromatic heterocycles. The van der Waals surface area contributed by atoms with Crippen LogP contribution in [0.3, 0.4) is 0 Å². The fraction of sp³-hybridized carbons (Fsp3) is 0.500. The molecule has 3 heterocycles. The summed E-state index contributed by atoms with van der Waals surface area (Å²) in [6.45, 7) is 3.72. The highest BCUT2D eigenvalue weighted by Gasteiger charge is 2.35. The SMILES string of the molecule is Cc1noc(C)c1-c1cnc2[nH]cc(CC3CCC(F)(F)CC3)c2n1. The molecule has 1 aliphatic rings. The van der Waals surface area contributed by atoms with Gasteiger partial charge in [-0.05, 0) is 44.6 Å². The summed E-state index contributed by atoms with van der Waals surface area (Å²) in [7, 11) is 0. The smallest absolute Gasteiger partial charge is 0.248 e. The number of aromatic amines is 1. The highest BCUT2D eigenvalue weighted by molar-refractivity contribution is 5.78. The number of nitrogens with zero attached hydrogens (tertiary/aromatic N) is 3. The van der Waals surface area contributed by atoms with Crippen molar-refractivity contribution in [2.75, 3.05) is 0 Å². The van der Waals surface area contributed by atoms with Crippen LogP contribution in [0.5, 0.6) is 0 Å². The number of rotatable bonds is 3. The molecule has 1 aliphatic carbocycles. The molecular formula is C18H20F2N4O. The van der Waals surface area contributed by atoms with E-state index in [-0.39, 0.29) is 18.8 Å². The van der Waals surface area contributed by atoms with Crippen molar-refractivity contribution in [2.45, 2.75) is 51.9 Å². The van der Waals surface area contributed by atoms with Crippen LogP contribution >= 0.6 is 0 Å². The maximum Gasteiger partial charge on any atom is 0.248 e. The first kappa shape index (κ1) is 16.2. The topological polar surface area (TPSA) is 67.6 Å². The third-order valence-electron chi connectivity index (χ3n) is 5.09. The monoisotopic (exact) mass is 346 g/mol. The van der Waals surface area contributed by atoms with Gasteiger partial charge in [-0.25, -0.2) is 18.7 Å². The Labute approximate surface area is 143 Å². The highest BCUT2D eigenvalue weighted by atomic mass is 19.3. The molecule has 0 saturated heterocycles.